The van der Waals surface area contributed by atoms with Crippen molar-refractivity contribution in [3.8, 4) is 5.75 Å². The molecule has 1 aromatic carbocycles. The van der Waals surface area contributed by atoms with E-state index >= 15 is 0 Å². The van der Waals surface area contributed by atoms with Crippen LogP contribution < -0.4 is 4.74 Å². The molecule has 0 heterocycles. The Kier molecular flexibility index (Phi) is 3.76. The molecular formula is C10H10N2O5. The first kappa shape index (κ1) is 12.6. The van der Waals surface area contributed by atoms with Gasteiger partial charge in [0.1, 0.15) is 0 Å². The van der Waals surface area contributed by atoms with Gasteiger partial charge in [0, 0.05) is 5.56 Å². The lowest BCUT2D eigenvalue weighted by atomic mass is 10.1. The SMILES string of the molecule is C=C(Cc1cccc(OC)c1[N+](=O)[O-])[N+](=O)[O-]. The first-order chi connectivity index (χ1) is 7.97. The summed E-state index contributed by atoms with van der Waals surface area (Å²) < 4.78 is 4.85. The topological polar surface area (TPSA) is 95.5 Å². The summed E-state index contributed by atoms with van der Waals surface area (Å²) in [4.78, 5) is 20.0. The molecule has 0 unspecified atom stereocenters. The van der Waals surface area contributed by atoms with Crippen LogP contribution in [-0.4, -0.2) is 17.0 Å². The van der Waals surface area contributed by atoms with E-state index in [0.717, 1.165) is 0 Å². The third kappa shape index (κ3) is 2.77. The van der Waals surface area contributed by atoms with Gasteiger partial charge in [-0.1, -0.05) is 12.1 Å². The Morgan fingerprint density at radius 1 is 1.41 bits per heavy atom. The Labute approximate surface area is 96.6 Å². The highest BCUT2D eigenvalue weighted by molar-refractivity contribution is 5.53. The molecule has 7 nitrogen and oxygen atoms in total. The lowest BCUT2D eigenvalue weighted by Gasteiger charge is -2.05. The summed E-state index contributed by atoms with van der Waals surface area (Å²) in [7, 11) is 1.30. The lowest BCUT2D eigenvalue weighted by Crippen LogP contribution is -2.04. The van der Waals surface area contributed by atoms with E-state index in [2.05, 4.69) is 6.58 Å². The fourth-order valence-electron chi connectivity index (χ4n) is 1.37. The van der Waals surface area contributed by atoms with Gasteiger partial charge in [-0.25, -0.2) is 0 Å². The second kappa shape index (κ2) is 5.06. The molecule has 0 aliphatic rings. The fraction of sp³-hybridized carbons (Fsp3) is 0.200. The Hall–Kier alpha value is -2.44. The number of rotatable bonds is 5. The van der Waals surface area contributed by atoms with Crippen LogP contribution in [-0.2, 0) is 6.42 Å². The number of hydrogen-bond acceptors (Lipinski definition) is 5. The molecular weight excluding hydrogens is 228 g/mol. The molecule has 0 saturated carbocycles. The van der Waals surface area contributed by atoms with Crippen LogP contribution in [0, 0.1) is 20.2 Å². The lowest BCUT2D eigenvalue weighted by molar-refractivity contribution is -0.426. The predicted octanol–water partition coefficient (Wildman–Crippen LogP) is 1.94. The van der Waals surface area contributed by atoms with Gasteiger partial charge >= 0.3 is 5.69 Å². The molecule has 0 radical (unpaired) electrons. The second-order valence-corrected chi connectivity index (χ2v) is 3.23. The third-order valence-electron chi connectivity index (χ3n) is 2.14. The molecule has 0 bridgehead atoms. The van der Waals surface area contributed by atoms with Gasteiger partial charge in [-0.2, -0.15) is 0 Å². The quantitative estimate of drug-likeness (QED) is 0.576. The largest absolute Gasteiger partial charge is 0.490 e. The molecule has 0 amide bonds. The van der Waals surface area contributed by atoms with E-state index in [1.54, 1.807) is 0 Å². The van der Waals surface area contributed by atoms with E-state index in [0.29, 0.717) is 0 Å². The number of para-hydroxylation sites is 1. The Morgan fingerprint density at radius 2 is 2.06 bits per heavy atom. The van der Waals surface area contributed by atoms with Crippen molar-refractivity contribution in [2.75, 3.05) is 7.11 Å². The zero-order valence-electron chi connectivity index (χ0n) is 9.08. The minimum absolute atomic E-state index is 0.0728. The molecule has 0 aliphatic heterocycles. The van der Waals surface area contributed by atoms with Crippen molar-refractivity contribution in [2.45, 2.75) is 6.42 Å². The van der Waals surface area contributed by atoms with E-state index in [4.69, 9.17) is 4.74 Å². The summed E-state index contributed by atoms with van der Waals surface area (Å²) in [6, 6.07) is 4.40. The highest BCUT2D eigenvalue weighted by atomic mass is 16.6. The summed E-state index contributed by atoms with van der Waals surface area (Å²) in [6.07, 6.45) is -0.194. The summed E-state index contributed by atoms with van der Waals surface area (Å²) in [5.41, 5.74) is -0.365. The van der Waals surface area contributed by atoms with Crippen molar-refractivity contribution < 1.29 is 14.6 Å². The summed E-state index contributed by atoms with van der Waals surface area (Å²) in [5.74, 6) is 0.0728. The van der Waals surface area contributed by atoms with Crippen molar-refractivity contribution in [2.24, 2.45) is 0 Å². The molecule has 0 fully saturated rings. The van der Waals surface area contributed by atoms with Crippen LogP contribution in [0.2, 0.25) is 0 Å². The van der Waals surface area contributed by atoms with Gasteiger partial charge in [0.05, 0.1) is 23.4 Å². The molecule has 90 valence electrons. The number of ether oxygens (including phenoxy) is 1. The molecule has 0 N–H and O–H groups in total. The van der Waals surface area contributed by atoms with Crippen molar-refractivity contribution in [1.29, 1.82) is 0 Å². The molecule has 0 atom stereocenters. The first-order valence-corrected chi connectivity index (χ1v) is 4.59. The van der Waals surface area contributed by atoms with Crippen LogP contribution in [0.3, 0.4) is 0 Å². The van der Waals surface area contributed by atoms with E-state index < -0.39 is 9.85 Å². The van der Waals surface area contributed by atoms with Crippen LogP contribution in [0.5, 0.6) is 5.75 Å². The molecule has 1 aromatic rings. The van der Waals surface area contributed by atoms with Crippen LogP contribution in [0.4, 0.5) is 5.69 Å². The van der Waals surface area contributed by atoms with Crippen molar-refractivity contribution >= 4 is 5.69 Å². The molecule has 0 aromatic heterocycles. The molecule has 0 saturated heterocycles. The van der Waals surface area contributed by atoms with Crippen molar-refractivity contribution in [1.82, 2.24) is 0 Å². The summed E-state index contributed by atoms with van der Waals surface area (Å²) in [6.45, 7) is 3.24. The molecule has 17 heavy (non-hydrogen) atoms. The number of benzene rings is 1. The third-order valence-corrected chi connectivity index (χ3v) is 2.14. The van der Waals surface area contributed by atoms with E-state index in [9.17, 15) is 20.2 Å². The first-order valence-electron chi connectivity index (χ1n) is 4.59. The summed E-state index contributed by atoms with van der Waals surface area (Å²) >= 11 is 0. The molecule has 1 rings (SSSR count). The van der Waals surface area contributed by atoms with Gasteiger partial charge in [-0.15, -0.1) is 0 Å². The highest BCUT2D eigenvalue weighted by Crippen LogP contribution is 2.31. The van der Waals surface area contributed by atoms with Crippen molar-refractivity contribution in [3.05, 3.63) is 56.3 Å². The van der Waals surface area contributed by atoms with Crippen LogP contribution in [0.1, 0.15) is 5.56 Å². The van der Waals surface area contributed by atoms with Crippen LogP contribution in [0.15, 0.2) is 30.5 Å². The zero-order valence-corrected chi connectivity index (χ0v) is 9.08. The normalized spacial score (nSPS) is 9.71. The number of nitro benzene ring substituents is 1. The maximum Gasteiger partial charge on any atom is 0.314 e. The average molecular weight is 238 g/mol. The molecule has 7 heteroatoms. The van der Waals surface area contributed by atoms with E-state index in [1.165, 1.54) is 25.3 Å². The number of methoxy groups -OCH3 is 1. The molecule has 0 spiro atoms. The minimum atomic E-state index is -0.663. The smallest absolute Gasteiger partial charge is 0.314 e. The van der Waals surface area contributed by atoms with Crippen LogP contribution in [0.25, 0.3) is 0 Å². The highest BCUT2D eigenvalue weighted by Gasteiger charge is 2.23. The number of nitrogens with zero attached hydrogens (tertiary/aromatic N) is 2. The van der Waals surface area contributed by atoms with Gasteiger partial charge in [0.25, 0.3) is 0 Å². The Bertz CT molecular complexity index is 484. The Balaban J connectivity index is 3.19. The molecule has 0 aliphatic carbocycles. The van der Waals surface area contributed by atoms with Gasteiger partial charge in [0.2, 0.25) is 5.70 Å². The number of nitro groups is 2. The van der Waals surface area contributed by atoms with Crippen molar-refractivity contribution in [3.63, 3.8) is 0 Å². The van der Waals surface area contributed by atoms with Crippen LogP contribution >= 0.6 is 0 Å². The van der Waals surface area contributed by atoms with E-state index in [1.807, 2.05) is 0 Å². The number of hydrogen-bond donors (Lipinski definition) is 0. The maximum atomic E-state index is 10.9. The fourth-order valence-corrected chi connectivity index (χ4v) is 1.37. The summed E-state index contributed by atoms with van der Waals surface area (Å²) in [5, 5.41) is 21.3. The van der Waals surface area contributed by atoms with Gasteiger partial charge in [-0.05, 0) is 12.6 Å². The van der Waals surface area contributed by atoms with E-state index in [-0.39, 0.29) is 29.1 Å². The zero-order chi connectivity index (χ0) is 13.0. The monoisotopic (exact) mass is 238 g/mol. The predicted molar refractivity (Wildman–Crippen MR) is 59.5 cm³/mol. The van der Waals surface area contributed by atoms with Gasteiger partial charge < -0.3 is 4.74 Å². The number of allylic oxidation sites excluding steroid dienone is 1. The van der Waals surface area contributed by atoms with Gasteiger partial charge in [-0.3, -0.25) is 20.2 Å². The average Bonchev–Trinajstić information content (AvgIpc) is 2.27. The minimum Gasteiger partial charge on any atom is -0.490 e. The maximum absolute atomic E-state index is 10.9. The Morgan fingerprint density at radius 3 is 2.53 bits per heavy atom. The standard InChI is InChI=1S/C10H10N2O5/c1-7(11(13)14)6-8-4-3-5-9(17-2)10(8)12(15)16/h3-5H,1,6H2,2H3. The van der Waals surface area contributed by atoms with Gasteiger partial charge in [0.15, 0.2) is 5.75 Å². The second-order valence-electron chi connectivity index (χ2n) is 3.23.